The maximum atomic E-state index is 12.7. The predicted octanol–water partition coefficient (Wildman–Crippen LogP) is 4.71. The highest BCUT2D eigenvalue weighted by Crippen LogP contribution is 2.34. The van der Waals surface area contributed by atoms with E-state index < -0.39 is 11.7 Å². The van der Waals surface area contributed by atoms with Crippen LogP contribution < -0.4 is 14.8 Å². The molecule has 3 aromatic rings. The standard InChI is InChI=1S/C23H24F3N3O3S/c1-29(2)11-10-27-21(30)18-14-33-22(28-18)16-6-9-19(20(12-16)31-3)32-13-15-4-7-17(8-5-15)23(24,25)26/h4-9,12,14H,10-11,13H2,1-3H3,(H,27,30). The Labute approximate surface area is 194 Å². The molecule has 0 unspecified atom stereocenters. The fraction of sp³-hybridized carbons (Fsp3) is 0.304. The molecule has 0 atom stereocenters. The first kappa shape index (κ1) is 24.5. The van der Waals surface area contributed by atoms with Gasteiger partial charge in [0.15, 0.2) is 11.5 Å². The van der Waals surface area contributed by atoms with E-state index in [0.717, 1.165) is 24.2 Å². The van der Waals surface area contributed by atoms with E-state index in [0.29, 0.717) is 34.3 Å². The molecule has 6 nitrogen and oxygen atoms in total. The average molecular weight is 480 g/mol. The van der Waals surface area contributed by atoms with Crippen molar-refractivity contribution in [2.24, 2.45) is 0 Å². The van der Waals surface area contributed by atoms with E-state index >= 15 is 0 Å². The van der Waals surface area contributed by atoms with Gasteiger partial charge in [-0.25, -0.2) is 4.98 Å². The lowest BCUT2D eigenvalue weighted by Gasteiger charge is -2.12. The molecule has 0 bridgehead atoms. The lowest BCUT2D eigenvalue weighted by Crippen LogP contribution is -2.31. The summed E-state index contributed by atoms with van der Waals surface area (Å²) in [4.78, 5) is 18.6. The van der Waals surface area contributed by atoms with Gasteiger partial charge in [-0.15, -0.1) is 11.3 Å². The van der Waals surface area contributed by atoms with Crippen molar-refractivity contribution in [1.29, 1.82) is 0 Å². The van der Waals surface area contributed by atoms with Crippen molar-refractivity contribution < 1.29 is 27.4 Å². The Balaban J connectivity index is 1.66. The van der Waals surface area contributed by atoms with Crippen molar-refractivity contribution in [3.05, 3.63) is 64.7 Å². The number of amides is 1. The number of methoxy groups -OCH3 is 1. The third-order valence-electron chi connectivity index (χ3n) is 4.67. The summed E-state index contributed by atoms with van der Waals surface area (Å²) >= 11 is 1.34. The van der Waals surface area contributed by atoms with Crippen LogP contribution in [0.15, 0.2) is 47.8 Å². The highest BCUT2D eigenvalue weighted by molar-refractivity contribution is 7.13. The van der Waals surface area contributed by atoms with E-state index in [1.54, 1.807) is 23.6 Å². The quantitative estimate of drug-likeness (QED) is 0.482. The Hall–Kier alpha value is -3.11. The van der Waals surface area contributed by atoms with Gasteiger partial charge in [-0.3, -0.25) is 4.79 Å². The van der Waals surface area contributed by atoms with Crippen LogP contribution >= 0.6 is 11.3 Å². The summed E-state index contributed by atoms with van der Waals surface area (Å²) in [5, 5.41) is 5.18. The zero-order valence-corrected chi connectivity index (χ0v) is 19.2. The minimum Gasteiger partial charge on any atom is -0.493 e. The molecule has 0 fully saturated rings. The minimum atomic E-state index is -4.37. The van der Waals surface area contributed by atoms with Gasteiger partial charge in [0, 0.05) is 24.0 Å². The molecule has 1 heterocycles. The molecule has 2 aromatic carbocycles. The molecule has 3 rings (SSSR count). The summed E-state index contributed by atoms with van der Waals surface area (Å²) < 4.78 is 49.3. The first-order chi connectivity index (χ1) is 15.7. The summed E-state index contributed by atoms with van der Waals surface area (Å²) in [5.41, 5.74) is 0.989. The zero-order valence-electron chi connectivity index (χ0n) is 18.4. The second-order valence-corrected chi connectivity index (χ2v) is 8.30. The van der Waals surface area contributed by atoms with E-state index in [1.165, 1.54) is 30.6 Å². The SMILES string of the molecule is COc1cc(-c2nc(C(=O)NCCN(C)C)cs2)ccc1OCc1ccc(C(F)(F)F)cc1. The van der Waals surface area contributed by atoms with Gasteiger partial charge in [-0.1, -0.05) is 12.1 Å². The number of hydrogen-bond donors (Lipinski definition) is 1. The van der Waals surface area contributed by atoms with E-state index in [-0.39, 0.29) is 12.5 Å². The number of ether oxygens (including phenoxy) is 2. The van der Waals surface area contributed by atoms with Crippen LogP contribution in [-0.2, 0) is 12.8 Å². The third-order valence-corrected chi connectivity index (χ3v) is 5.56. The van der Waals surface area contributed by atoms with Crippen molar-refractivity contribution >= 4 is 17.2 Å². The van der Waals surface area contributed by atoms with E-state index in [9.17, 15) is 18.0 Å². The predicted molar refractivity (Wildman–Crippen MR) is 121 cm³/mol. The molecule has 1 aromatic heterocycles. The van der Waals surface area contributed by atoms with Crippen LogP contribution in [0.3, 0.4) is 0 Å². The number of thiazole rings is 1. The number of nitrogens with one attached hydrogen (secondary N) is 1. The fourth-order valence-corrected chi connectivity index (χ4v) is 3.66. The number of aromatic nitrogens is 1. The molecule has 10 heteroatoms. The van der Waals surface area contributed by atoms with Crippen molar-refractivity contribution in [2.45, 2.75) is 12.8 Å². The second kappa shape index (κ2) is 10.7. The van der Waals surface area contributed by atoms with Crippen molar-refractivity contribution in [1.82, 2.24) is 15.2 Å². The molecule has 0 aliphatic heterocycles. The Kier molecular flexibility index (Phi) is 7.93. The topological polar surface area (TPSA) is 63.7 Å². The molecule has 1 N–H and O–H groups in total. The number of carbonyl (C=O) groups is 1. The fourth-order valence-electron chi connectivity index (χ4n) is 2.87. The number of hydrogen-bond acceptors (Lipinski definition) is 6. The lowest BCUT2D eigenvalue weighted by atomic mass is 10.1. The Morgan fingerprint density at radius 1 is 1.12 bits per heavy atom. The average Bonchev–Trinajstić information content (AvgIpc) is 3.27. The minimum absolute atomic E-state index is 0.0857. The van der Waals surface area contributed by atoms with Gasteiger partial charge in [0.1, 0.15) is 17.3 Å². The molecule has 33 heavy (non-hydrogen) atoms. The molecule has 0 spiro atoms. The summed E-state index contributed by atoms with van der Waals surface area (Å²) in [6.07, 6.45) is -4.37. The number of benzene rings is 2. The highest BCUT2D eigenvalue weighted by atomic mass is 32.1. The van der Waals surface area contributed by atoms with Gasteiger partial charge in [-0.2, -0.15) is 13.2 Å². The van der Waals surface area contributed by atoms with Gasteiger partial charge < -0.3 is 19.7 Å². The molecule has 0 saturated heterocycles. The van der Waals surface area contributed by atoms with Crippen LogP contribution in [0.2, 0.25) is 0 Å². The summed E-state index contributed by atoms with van der Waals surface area (Å²) in [6.45, 7) is 1.34. The Bertz CT molecular complexity index is 1080. The molecule has 176 valence electrons. The van der Waals surface area contributed by atoms with Crippen LogP contribution in [-0.4, -0.2) is 50.1 Å². The van der Waals surface area contributed by atoms with E-state index in [1.807, 2.05) is 19.0 Å². The van der Waals surface area contributed by atoms with Crippen molar-refractivity contribution in [3.8, 4) is 22.1 Å². The van der Waals surface area contributed by atoms with Gasteiger partial charge in [0.05, 0.1) is 12.7 Å². The van der Waals surface area contributed by atoms with Crippen molar-refractivity contribution in [3.63, 3.8) is 0 Å². The van der Waals surface area contributed by atoms with Gasteiger partial charge in [0.2, 0.25) is 0 Å². The van der Waals surface area contributed by atoms with Crippen LogP contribution in [0.25, 0.3) is 10.6 Å². The molecular formula is C23H24F3N3O3S. The molecule has 0 aliphatic carbocycles. The van der Waals surface area contributed by atoms with E-state index in [4.69, 9.17) is 9.47 Å². The van der Waals surface area contributed by atoms with Gasteiger partial charge in [0.25, 0.3) is 5.91 Å². The maximum absolute atomic E-state index is 12.7. The normalized spacial score (nSPS) is 11.5. The third kappa shape index (κ3) is 6.69. The number of rotatable bonds is 9. The first-order valence-electron chi connectivity index (χ1n) is 10.0. The Morgan fingerprint density at radius 2 is 1.85 bits per heavy atom. The number of halogens is 3. The molecule has 0 radical (unpaired) electrons. The smallest absolute Gasteiger partial charge is 0.416 e. The largest absolute Gasteiger partial charge is 0.493 e. The highest BCUT2D eigenvalue weighted by Gasteiger charge is 2.29. The number of nitrogens with zero attached hydrogens (tertiary/aromatic N) is 2. The van der Waals surface area contributed by atoms with Gasteiger partial charge in [-0.05, 0) is 50.0 Å². The van der Waals surface area contributed by atoms with Crippen LogP contribution in [0.5, 0.6) is 11.5 Å². The zero-order chi connectivity index (χ0) is 24.0. The summed E-state index contributed by atoms with van der Waals surface area (Å²) in [7, 11) is 5.35. The summed E-state index contributed by atoms with van der Waals surface area (Å²) in [6, 6.07) is 10.0. The second-order valence-electron chi connectivity index (χ2n) is 7.45. The molecular weight excluding hydrogens is 455 g/mol. The molecule has 1 amide bonds. The number of carbonyl (C=O) groups excluding carboxylic acids is 1. The van der Waals surface area contributed by atoms with Crippen LogP contribution in [0, 0.1) is 0 Å². The van der Waals surface area contributed by atoms with Gasteiger partial charge >= 0.3 is 6.18 Å². The Morgan fingerprint density at radius 3 is 2.48 bits per heavy atom. The molecule has 0 saturated carbocycles. The van der Waals surface area contributed by atoms with Crippen LogP contribution in [0.4, 0.5) is 13.2 Å². The lowest BCUT2D eigenvalue weighted by molar-refractivity contribution is -0.137. The van der Waals surface area contributed by atoms with E-state index in [2.05, 4.69) is 10.3 Å². The monoisotopic (exact) mass is 479 g/mol. The molecule has 0 aliphatic rings. The first-order valence-corrected chi connectivity index (χ1v) is 10.9. The maximum Gasteiger partial charge on any atom is 0.416 e. The number of alkyl halides is 3. The summed E-state index contributed by atoms with van der Waals surface area (Å²) in [5.74, 6) is 0.661. The van der Waals surface area contributed by atoms with Crippen LogP contribution in [0.1, 0.15) is 21.6 Å². The van der Waals surface area contributed by atoms with Crippen molar-refractivity contribution in [2.75, 3.05) is 34.3 Å². The number of likely N-dealkylation sites (N-methyl/N-ethyl adjacent to an activating group) is 1.